The van der Waals surface area contributed by atoms with Gasteiger partial charge < -0.3 is 10.6 Å². The number of pyridine rings is 1. The second-order valence-corrected chi connectivity index (χ2v) is 4.03. The van der Waals surface area contributed by atoms with Gasteiger partial charge in [-0.05, 0) is 18.2 Å². The predicted octanol–water partition coefficient (Wildman–Crippen LogP) is 2.31. The molecule has 92 valence electrons. The van der Waals surface area contributed by atoms with Crippen molar-refractivity contribution in [2.75, 3.05) is 24.2 Å². The van der Waals surface area contributed by atoms with Crippen molar-refractivity contribution >= 4 is 22.3 Å². The summed E-state index contributed by atoms with van der Waals surface area (Å²) in [7, 11) is 1.74. The summed E-state index contributed by atoms with van der Waals surface area (Å²) >= 11 is 0. The van der Waals surface area contributed by atoms with Crippen molar-refractivity contribution in [3.05, 3.63) is 30.2 Å². The highest BCUT2D eigenvalue weighted by atomic mass is 19.1. The minimum absolute atomic E-state index is 0.328. The van der Waals surface area contributed by atoms with Gasteiger partial charge in [-0.25, -0.2) is 4.39 Å². The van der Waals surface area contributed by atoms with Gasteiger partial charge in [-0.15, -0.1) is 0 Å². The SMILES string of the molecule is CN(CCC#N)c1c(F)cc(N)c2cccnc12. The van der Waals surface area contributed by atoms with Crippen LogP contribution in [0.1, 0.15) is 6.42 Å². The summed E-state index contributed by atoms with van der Waals surface area (Å²) in [5.74, 6) is -0.417. The fourth-order valence-corrected chi connectivity index (χ4v) is 1.92. The first-order valence-electron chi connectivity index (χ1n) is 5.56. The molecule has 18 heavy (non-hydrogen) atoms. The van der Waals surface area contributed by atoms with Gasteiger partial charge in [0.1, 0.15) is 0 Å². The Labute approximate surface area is 104 Å². The smallest absolute Gasteiger partial charge is 0.150 e. The Morgan fingerprint density at radius 2 is 2.33 bits per heavy atom. The number of hydrogen-bond acceptors (Lipinski definition) is 4. The van der Waals surface area contributed by atoms with E-state index >= 15 is 0 Å². The Kier molecular flexibility index (Phi) is 3.28. The number of anilines is 2. The van der Waals surface area contributed by atoms with Crippen LogP contribution in [-0.2, 0) is 0 Å². The molecule has 0 spiro atoms. The average Bonchev–Trinajstić information content (AvgIpc) is 2.36. The molecule has 0 fully saturated rings. The van der Waals surface area contributed by atoms with Gasteiger partial charge in [0, 0.05) is 30.9 Å². The summed E-state index contributed by atoms with van der Waals surface area (Å²) in [5.41, 5.74) is 7.05. The Morgan fingerprint density at radius 1 is 1.56 bits per heavy atom. The predicted molar refractivity (Wildman–Crippen MR) is 69.6 cm³/mol. The molecule has 0 unspecified atom stereocenters. The van der Waals surface area contributed by atoms with Crippen LogP contribution in [0.2, 0.25) is 0 Å². The number of rotatable bonds is 3. The lowest BCUT2D eigenvalue weighted by atomic mass is 10.1. The molecule has 0 saturated heterocycles. The van der Waals surface area contributed by atoms with Gasteiger partial charge in [0.2, 0.25) is 0 Å². The standard InChI is InChI=1S/C13H13FN4/c1-18(7-3-5-15)13-10(14)8-11(16)9-4-2-6-17-12(9)13/h2,4,6,8H,3,7,16H2,1H3. The first kappa shape index (κ1) is 12.1. The Balaban J connectivity index is 2.59. The molecule has 0 saturated carbocycles. The molecule has 1 heterocycles. The molecule has 0 bridgehead atoms. The monoisotopic (exact) mass is 244 g/mol. The molecule has 5 heteroatoms. The van der Waals surface area contributed by atoms with E-state index in [1.807, 2.05) is 6.07 Å². The second kappa shape index (κ2) is 4.88. The van der Waals surface area contributed by atoms with Crippen molar-refractivity contribution in [2.24, 2.45) is 0 Å². The van der Waals surface area contributed by atoms with Crippen molar-refractivity contribution in [2.45, 2.75) is 6.42 Å². The second-order valence-electron chi connectivity index (χ2n) is 4.03. The van der Waals surface area contributed by atoms with E-state index < -0.39 is 5.82 Å². The Hall–Kier alpha value is -2.35. The lowest BCUT2D eigenvalue weighted by Crippen LogP contribution is -2.20. The van der Waals surface area contributed by atoms with Crippen LogP contribution in [0.15, 0.2) is 24.4 Å². The van der Waals surface area contributed by atoms with Crippen LogP contribution in [0.4, 0.5) is 15.8 Å². The molecule has 0 aliphatic heterocycles. The van der Waals surface area contributed by atoms with Crippen LogP contribution in [0, 0.1) is 17.1 Å². The Bertz CT molecular complexity index is 618. The number of hydrogen-bond donors (Lipinski definition) is 1. The topological polar surface area (TPSA) is 65.9 Å². The van der Waals surface area contributed by atoms with E-state index in [2.05, 4.69) is 4.98 Å². The summed E-state index contributed by atoms with van der Waals surface area (Å²) in [6, 6.07) is 6.90. The molecule has 0 radical (unpaired) electrons. The number of aromatic nitrogens is 1. The van der Waals surface area contributed by atoms with Gasteiger partial charge in [0.15, 0.2) is 5.82 Å². The van der Waals surface area contributed by atoms with Crippen LogP contribution >= 0.6 is 0 Å². The van der Waals surface area contributed by atoms with E-state index in [1.54, 1.807) is 30.3 Å². The minimum atomic E-state index is -0.417. The van der Waals surface area contributed by atoms with Crippen LogP contribution in [0.25, 0.3) is 10.9 Å². The normalized spacial score (nSPS) is 10.3. The summed E-state index contributed by atoms with van der Waals surface area (Å²) < 4.78 is 14.0. The number of nitrogen functional groups attached to an aromatic ring is 1. The van der Waals surface area contributed by atoms with E-state index in [-0.39, 0.29) is 0 Å². The molecule has 0 amide bonds. The van der Waals surface area contributed by atoms with E-state index in [4.69, 9.17) is 11.0 Å². The fraction of sp³-hybridized carbons (Fsp3) is 0.231. The van der Waals surface area contributed by atoms with Crippen molar-refractivity contribution in [3.63, 3.8) is 0 Å². The van der Waals surface area contributed by atoms with Gasteiger partial charge in [-0.3, -0.25) is 4.98 Å². The fourth-order valence-electron chi connectivity index (χ4n) is 1.92. The highest BCUT2D eigenvalue weighted by molar-refractivity contribution is 5.98. The summed E-state index contributed by atoms with van der Waals surface area (Å²) in [5, 5.41) is 9.30. The van der Waals surface area contributed by atoms with Crippen LogP contribution < -0.4 is 10.6 Å². The van der Waals surface area contributed by atoms with Crippen molar-refractivity contribution in [1.29, 1.82) is 5.26 Å². The third kappa shape index (κ3) is 2.05. The highest BCUT2D eigenvalue weighted by Gasteiger charge is 2.15. The molecule has 0 aliphatic rings. The molecule has 2 aromatic rings. The van der Waals surface area contributed by atoms with Gasteiger partial charge in [0.25, 0.3) is 0 Å². The van der Waals surface area contributed by atoms with Crippen LogP contribution in [0.3, 0.4) is 0 Å². The van der Waals surface area contributed by atoms with Crippen molar-refractivity contribution in [3.8, 4) is 6.07 Å². The first-order valence-corrected chi connectivity index (χ1v) is 5.56. The highest BCUT2D eigenvalue weighted by Crippen LogP contribution is 2.31. The lowest BCUT2D eigenvalue weighted by Gasteiger charge is -2.20. The quantitative estimate of drug-likeness (QED) is 0.841. The van der Waals surface area contributed by atoms with E-state index in [1.165, 1.54) is 6.07 Å². The van der Waals surface area contributed by atoms with Gasteiger partial charge in [-0.1, -0.05) is 0 Å². The maximum Gasteiger partial charge on any atom is 0.150 e. The molecule has 0 aliphatic carbocycles. The van der Waals surface area contributed by atoms with E-state index in [0.29, 0.717) is 29.9 Å². The lowest BCUT2D eigenvalue weighted by molar-refractivity contribution is 0.625. The third-order valence-electron chi connectivity index (χ3n) is 2.79. The summed E-state index contributed by atoms with van der Waals surface area (Å²) in [4.78, 5) is 5.88. The number of nitrogens with two attached hydrogens (primary N) is 1. The molecular weight excluding hydrogens is 231 g/mol. The minimum Gasteiger partial charge on any atom is -0.398 e. The van der Waals surface area contributed by atoms with E-state index in [9.17, 15) is 4.39 Å². The van der Waals surface area contributed by atoms with Gasteiger partial charge >= 0.3 is 0 Å². The number of halogens is 1. The average molecular weight is 244 g/mol. The molecule has 4 nitrogen and oxygen atoms in total. The number of fused-ring (bicyclic) bond motifs is 1. The van der Waals surface area contributed by atoms with E-state index in [0.717, 1.165) is 5.39 Å². The zero-order valence-corrected chi connectivity index (χ0v) is 10.0. The molecule has 2 N–H and O–H groups in total. The maximum atomic E-state index is 14.0. The zero-order chi connectivity index (χ0) is 13.1. The van der Waals surface area contributed by atoms with Crippen LogP contribution in [-0.4, -0.2) is 18.6 Å². The summed E-state index contributed by atoms with van der Waals surface area (Å²) in [6.45, 7) is 0.447. The maximum absolute atomic E-state index is 14.0. The third-order valence-corrected chi connectivity index (χ3v) is 2.79. The molecule has 0 atom stereocenters. The van der Waals surface area contributed by atoms with Crippen molar-refractivity contribution in [1.82, 2.24) is 4.98 Å². The molecular formula is C13H13FN4. The van der Waals surface area contributed by atoms with Crippen molar-refractivity contribution < 1.29 is 4.39 Å². The number of nitrogens with zero attached hydrogens (tertiary/aromatic N) is 3. The summed E-state index contributed by atoms with van der Waals surface area (Å²) in [6.07, 6.45) is 1.93. The van der Waals surface area contributed by atoms with Gasteiger partial charge in [-0.2, -0.15) is 5.26 Å². The molecule has 1 aromatic carbocycles. The largest absolute Gasteiger partial charge is 0.398 e. The van der Waals surface area contributed by atoms with Crippen LogP contribution in [0.5, 0.6) is 0 Å². The van der Waals surface area contributed by atoms with Gasteiger partial charge in [0.05, 0.1) is 23.7 Å². The first-order chi connectivity index (χ1) is 8.65. The molecule has 2 rings (SSSR count). The molecule has 1 aromatic heterocycles. The number of benzene rings is 1. The Morgan fingerprint density at radius 3 is 3.06 bits per heavy atom. The number of nitriles is 1. The zero-order valence-electron chi connectivity index (χ0n) is 10.0.